The standard InChI is InChI=1S/C22H22FN3O4/c1-14(22-25-21(26-30-22)16-6-10-17(23)11-7-16)24-20(28)5-3-4-19(27)15-8-12-18(29-2)13-9-15/h6-14H,3-5H2,1-2H3,(H,24,28). The Labute approximate surface area is 173 Å². The van der Waals surface area contributed by atoms with Gasteiger partial charge < -0.3 is 14.6 Å². The zero-order valence-corrected chi connectivity index (χ0v) is 16.7. The van der Waals surface area contributed by atoms with Crippen LogP contribution < -0.4 is 10.1 Å². The summed E-state index contributed by atoms with van der Waals surface area (Å²) in [4.78, 5) is 28.6. The highest BCUT2D eigenvalue weighted by Gasteiger charge is 2.17. The third-order valence-electron chi connectivity index (χ3n) is 4.51. The number of hydrogen-bond acceptors (Lipinski definition) is 6. The van der Waals surface area contributed by atoms with Gasteiger partial charge in [-0.05, 0) is 61.9 Å². The minimum absolute atomic E-state index is 0.0284. The van der Waals surface area contributed by atoms with Crippen molar-refractivity contribution >= 4 is 11.7 Å². The van der Waals surface area contributed by atoms with Crippen molar-refractivity contribution in [2.75, 3.05) is 7.11 Å². The van der Waals surface area contributed by atoms with Crippen LogP contribution in [0.3, 0.4) is 0 Å². The normalized spacial score (nSPS) is 11.7. The van der Waals surface area contributed by atoms with Crippen LogP contribution in [-0.2, 0) is 4.79 Å². The lowest BCUT2D eigenvalue weighted by Crippen LogP contribution is -2.26. The first-order valence-electron chi connectivity index (χ1n) is 9.52. The second-order valence-electron chi connectivity index (χ2n) is 6.76. The Morgan fingerprint density at radius 3 is 2.47 bits per heavy atom. The van der Waals surface area contributed by atoms with Gasteiger partial charge >= 0.3 is 0 Å². The Bertz CT molecular complexity index is 1000. The molecule has 8 heteroatoms. The van der Waals surface area contributed by atoms with Crippen LogP contribution >= 0.6 is 0 Å². The molecular formula is C22H22FN3O4. The molecule has 0 radical (unpaired) electrons. The number of nitrogens with one attached hydrogen (secondary N) is 1. The largest absolute Gasteiger partial charge is 0.497 e. The van der Waals surface area contributed by atoms with Crippen LogP contribution in [0.1, 0.15) is 48.5 Å². The summed E-state index contributed by atoms with van der Waals surface area (Å²) in [6.45, 7) is 1.72. The Morgan fingerprint density at radius 1 is 1.10 bits per heavy atom. The molecule has 0 aliphatic carbocycles. The van der Waals surface area contributed by atoms with Crippen LogP contribution in [0.5, 0.6) is 5.75 Å². The van der Waals surface area contributed by atoms with E-state index in [4.69, 9.17) is 9.26 Å². The first-order chi connectivity index (χ1) is 14.5. The molecule has 0 saturated heterocycles. The first kappa shape index (κ1) is 21.2. The maximum atomic E-state index is 13.0. The molecule has 2 aromatic carbocycles. The molecule has 0 fully saturated rings. The summed E-state index contributed by atoms with van der Waals surface area (Å²) >= 11 is 0. The van der Waals surface area contributed by atoms with E-state index in [0.29, 0.717) is 29.1 Å². The minimum atomic E-state index is -0.489. The van der Waals surface area contributed by atoms with E-state index in [2.05, 4.69) is 15.5 Å². The number of ketones is 1. The number of rotatable bonds is 9. The third kappa shape index (κ3) is 5.50. The van der Waals surface area contributed by atoms with E-state index in [1.54, 1.807) is 50.4 Å². The number of Topliss-reactive ketones (excluding diaryl/α,β-unsaturated/α-hetero) is 1. The molecule has 1 N–H and O–H groups in total. The maximum Gasteiger partial charge on any atom is 0.249 e. The van der Waals surface area contributed by atoms with Crippen LogP contribution in [0, 0.1) is 5.82 Å². The molecule has 0 spiro atoms. The summed E-state index contributed by atoms with van der Waals surface area (Å²) in [5, 5.41) is 6.64. The molecular weight excluding hydrogens is 389 g/mol. The van der Waals surface area contributed by atoms with E-state index in [1.807, 2.05) is 0 Å². The van der Waals surface area contributed by atoms with Crippen molar-refractivity contribution in [1.29, 1.82) is 0 Å². The molecule has 3 aromatic rings. The van der Waals surface area contributed by atoms with Crippen molar-refractivity contribution < 1.29 is 23.2 Å². The van der Waals surface area contributed by atoms with E-state index < -0.39 is 6.04 Å². The number of benzene rings is 2. The smallest absolute Gasteiger partial charge is 0.249 e. The fourth-order valence-electron chi connectivity index (χ4n) is 2.83. The lowest BCUT2D eigenvalue weighted by Gasteiger charge is -2.09. The second-order valence-corrected chi connectivity index (χ2v) is 6.76. The number of carbonyl (C=O) groups excluding carboxylic acids is 2. The fourth-order valence-corrected chi connectivity index (χ4v) is 2.83. The molecule has 1 atom stereocenters. The molecule has 7 nitrogen and oxygen atoms in total. The van der Waals surface area contributed by atoms with Crippen LogP contribution in [0.15, 0.2) is 53.1 Å². The van der Waals surface area contributed by atoms with Crippen molar-refractivity contribution in [3.05, 3.63) is 65.8 Å². The Hall–Kier alpha value is -3.55. The van der Waals surface area contributed by atoms with Gasteiger partial charge in [-0.1, -0.05) is 5.16 Å². The summed E-state index contributed by atoms with van der Waals surface area (Å²) in [5.41, 5.74) is 1.20. The van der Waals surface area contributed by atoms with Crippen LogP contribution in [0.4, 0.5) is 4.39 Å². The van der Waals surface area contributed by atoms with E-state index in [1.165, 1.54) is 12.1 Å². The fraction of sp³-hybridized carbons (Fsp3) is 0.273. The number of nitrogens with zero attached hydrogens (tertiary/aromatic N) is 2. The summed E-state index contributed by atoms with van der Waals surface area (Å²) in [6, 6.07) is 12.1. The molecule has 1 unspecified atom stereocenters. The molecule has 0 aliphatic rings. The number of halogens is 1. The van der Waals surface area contributed by atoms with Gasteiger partial charge in [-0.15, -0.1) is 0 Å². The summed E-state index contributed by atoms with van der Waals surface area (Å²) in [6.07, 6.45) is 0.892. The lowest BCUT2D eigenvalue weighted by atomic mass is 10.1. The predicted molar refractivity (Wildman–Crippen MR) is 107 cm³/mol. The van der Waals surface area contributed by atoms with E-state index in [0.717, 1.165) is 0 Å². The average molecular weight is 411 g/mol. The van der Waals surface area contributed by atoms with E-state index in [9.17, 15) is 14.0 Å². The van der Waals surface area contributed by atoms with Crippen LogP contribution in [-0.4, -0.2) is 28.9 Å². The quantitative estimate of drug-likeness (QED) is 0.533. The Kier molecular flexibility index (Phi) is 6.90. The second kappa shape index (κ2) is 9.78. The summed E-state index contributed by atoms with van der Waals surface area (Å²) < 4.78 is 23.3. The molecule has 156 valence electrons. The maximum absolute atomic E-state index is 13.0. The van der Waals surface area contributed by atoms with Crippen molar-refractivity contribution in [2.45, 2.75) is 32.2 Å². The van der Waals surface area contributed by atoms with Gasteiger partial charge in [0.05, 0.1) is 7.11 Å². The number of methoxy groups -OCH3 is 1. The van der Waals surface area contributed by atoms with Gasteiger partial charge in [-0.25, -0.2) is 4.39 Å². The zero-order chi connectivity index (χ0) is 21.5. The molecule has 1 aromatic heterocycles. The SMILES string of the molecule is COc1ccc(C(=O)CCCC(=O)NC(C)c2nc(-c3ccc(F)cc3)no2)cc1. The summed E-state index contributed by atoms with van der Waals surface area (Å²) in [5.74, 6) is 0.649. The molecule has 0 bridgehead atoms. The number of carbonyl (C=O) groups is 2. The van der Waals surface area contributed by atoms with Crippen molar-refractivity contribution in [2.24, 2.45) is 0 Å². The van der Waals surface area contributed by atoms with Crippen LogP contribution in [0.25, 0.3) is 11.4 Å². The molecule has 0 aliphatic heterocycles. The van der Waals surface area contributed by atoms with E-state index in [-0.39, 0.29) is 36.2 Å². The first-order valence-corrected chi connectivity index (χ1v) is 9.52. The monoisotopic (exact) mass is 411 g/mol. The van der Waals surface area contributed by atoms with Gasteiger partial charge in [0, 0.05) is 24.0 Å². The number of hydrogen-bond donors (Lipinski definition) is 1. The van der Waals surface area contributed by atoms with Gasteiger partial charge in [-0.3, -0.25) is 9.59 Å². The number of aromatic nitrogens is 2. The average Bonchev–Trinajstić information content (AvgIpc) is 3.24. The Balaban J connectivity index is 1.46. The van der Waals surface area contributed by atoms with Crippen LogP contribution in [0.2, 0.25) is 0 Å². The van der Waals surface area contributed by atoms with Gasteiger partial charge in [-0.2, -0.15) is 4.98 Å². The highest BCUT2D eigenvalue weighted by molar-refractivity contribution is 5.96. The topological polar surface area (TPSA) is 94.3 Å². The van der Waals surface area contributed by atoms with Gasteiger partial charge in [0.15, 0.2) is 5.78 Å². The predicted octanol–water partition coefficient (Wildman–Crippen LogP) is 4.11. The summed E-state index contributed by atoms with van der Waals surface area (Å²) in [7, 11) is 1.56. The molecule has 1 heterocycles. The highest BCUT2D eigenvalue weighted by atomic mass is 19.1. The molecule has 1 amide bonds. The van der Waals surface area contributed by atoms with Crippen molar-refractivity contribution in [1.82, 2.24) is 15.5 Å². The Morgan fingerprint density at radius 2 is 1.80 bits per heavy atom. The number of ether oxygens (including phenoxy) is 1. The third-order valence-corrected chi connectivity index (χ3v) is 4.51. The zero-order valence-electron chi connectivity index (χ0n) is 16.7. The van der Waals surface area contributed by atoms with E-state index >= 15 is 0 Å². The molecule has 3 rings (SSSR count). The number of amides is 1. The molecule has 0 saturated carbocycles. The van der Waals surface area contributed by atoms with Crippen molar-refractivity contribution in [3.8, 4) is 17.1 Å². The lowest BCUT2D eigenvalue weighted by molar-refractivity contribution is -0.122. The highest BCUT2D eigenvalue weighted by Crippen LogP contribution is 2.19. The van der Waals surface area contributed by atoms with Crippen molar-refractivity contribution in [3.63, 3.8) is 0 Å². The molecule has 30 heavy (non-hydrogen) atoms. The minimum Gasteiger partial charge on any atom is -0.497 e. The van der Waals surface area contributed by atoms with Gasteiger partial charge in [0.25, 0.3) is 0 Å². The van der Waals surface area contributed by atoms with Gasteiger partial charge in [0.2, 0.25) is 17.6 Å². The van der Waals surface area contributed by atoms with Gasteiger partial charge in [0.1, 0.15) is 17.6 Å².